The van der Waals surface area contributed by atoms with Gasteiger partial charge in [0, 0.05) is 23.0 Å². The predicted molar refractivity (Wildman–Crippen MR) is 66.1 cm³/mol. The van der Waals surface area contributed by atoms with Gasteiger partial charge in [0.05, 0.1) is 0 Å². The maximum atomic E-state index is 4.30. The van der Waals surface area contributed by atoms with Crippen LogP contribution in [0.4, 0.5) is 0 Å². The van der Waals surface area contributed by atoms with E-state index in [0.29, 0.717) is 0 Å². The summed E-state index contributed by atoms with van der Waals surface area (Å²) in [6, 6.07) is 8.23. The Bertz CT molecular complexity index is 519. The molecule has 16 heavy (non-hydrogen) atoms. The van der Waals surface area contributed by atoms with Crippen molar-refractivity contribution in [1.82, 2.24) is 14.8 Å². The first-order chi connectivity index (χ1) is 7.84. The molecule has 0 N–H and O–H groups in total. The Morgan fingerprint density at radius 2 is 2.12 bits per heavy atom. The van der Waals surface area contributed by atoms with Crippen molar-refractivity contribution in [2.24, 2.45) is 0 Å². The van der Waals surface area contributed by atoms with Gasteiger partial charge in [-0.2, -0.15) is 0 Å². The highest BCUT2D eigenvalue weighted by atomic mass is 79.9. The third-order valence-electron chi connectivity index (χ3n) is 2.94. The van der Waals surface area contributed by atoms with Crippen LogP contribution in [-0.2, 0) is 13.0 Å². The van der Waals surface area contributed by atoms with Crippen molar-refractivity contribution in [2.45, 2.75) is 25.8 Å². The van der Waals surface area contributed by atoms with Crippen LogP contribution in [0.5, 0.6) is 0 Å². The van der Waals surface area contributed by atoms with Gasteiger partial charge >= 0.3 is 0 Å². The smallest absolute Gasteiger partial charge is 0.163 e. The Balaban J connectivity index is 2.09. The molecule has 2 heterocycles. The first-order valence-corrected chi connectivity index (χ1v) is 6.32. The number of nitrogens with zero attached hydrogens (tertiary/aromatic N) is 3. The molecule has 3 nitrogen and oxygen atoms in total. The van der Waals surface area contributed by atoms with Crippen molar-refractivity contribution in [3.05, 3.63) is 34.6 Å². The number of fused-ring (bicyclic) bond motifs is 1. The molecule has 0 spiro atoms. The Morgan fingerprint density at radius 1 is 1.19 bits per heavy atom. The van der Waals surface area contributed by atoms with E-state index in [1.165, 1.54) is 12.8 Å². The molecule has 0 atom stereocenters. The largest absolute Gasteiger partial charge is 0.311 e. The van der Waals surface area contributed by atoms with Crippen LogP contribution in [0.25, 0.3) is 11.4 Å². The lowest BCUT2D eigenvalue weighted by atomic mass is 10.1. The van der Waals surface area contributed by atoms with Crippen molar-refractivity contribution in [3.8, 4) is 11.4 Å². The van der Waals surface area contributed by atoms with Gasteiger partial charge in [0.1, 0.15) is 5.82 Å². The SMILES string of the molecule is Brc1cccc(-c2nnc3n2CCCC3)c1. The molecule has 1 aromatic heterocycles. The van der Waals surface area contributed by atoms with Crippen molar-refractivity contribution < 1.29 is 0 Å². The topological polar surface area (TPSA) is 30.7 Å². The molecule has 1 aromatic carbocycles. The quantitative estimate of drug-likeness (QED) is 0.802. The zero-order valence-corrected chi connectivity index (χ0v) is 10.4. The number of hydrogen-bond acceptors (Lipinski definition) is 2. The van der Waals surface area contributed by atoms with Gasteiger partial charge in [-0.1, -0.05) is 28.1 Å². The van der Waals surface area contributed by atoms with Crippen LogP contribution < -0.4 is 0 Å². The van der Waals surface area contributed by atoms with Crippen molar-refractivity contribution in [3.63, 3.8) is 0 Å². The van der Waals surface area contributed by atoms with E-state index in [-0.39, 0.29) is 0 Å². The van der Waals surface area contributed by atoms with Crippen LogP contribution in [0.1, 0.15) is 18.7 Å². The average molecular weight is 278 g/mol. The highest BCUT2D eigenvalue weighted by molar-refractivity contribution is 9.10. The molecular weight excluding hydrogens is 266 g/mol. The molecule has 0 fully saturated rings. The number of benzene rings is 1. The van der Waals surface area contributed by atoms with E-state index in [0.717, 1.165) is 34.7 Å². The van der Waals surface area contributed by atoms with Crippen LogP contribution >= 0.6 is 15.9 Å². The summed E-state index contributed by atoms with van der Waals surface area (Å²) >= 11 is 3.49. The lowest BCUT2D eigenvalue weighted by Crippen LogP contribution is -2.11. The second-order valence-corrected chi connectivity index (χ2v) is 4.97. The number of aryl methyl sites for hydroxylation is 1. The highest BCUT2D eigenvalue weighted by Crippen LogP contribution is 2.24. The molecule has 1 aliphatic heterocycles. The van der Waals surface area contributed by atoms with E-state index in [2.05, 4.69) is 42.8 Å². The summed E-state index contributed by atoms with van der Waals surface area (Å²) in [6.07, 6.45) is 3.52. The predicted octanol–water partition coefficient (Wildman–Crippen LogP) is 3.04. The fourth-order valence-corrected chi connectivity index (χ4v) is 2.55. The molecule has 4 heteroatoms. The molecule has 0 aliphatic carbocycles. The first-order valence-electron chi connectivity index (χ1n) is 5.52. The zero-order valence-electron chi connectivity index (χ0n) is 8.86. The first kappa shape index (κ1) is 10.0. The zero-order chi connectivity index (χ0) is 11.0. The van der Waals surface area contributed by atoms with Gasteiger partial charge in [-0.05, 0) is 25.0 Å². The molecule has 0 unspecified atom stereocenters. The number of rotatable bonds is 1. The Kier molecular flexibility index (Phi) is 2.52. The van der Waals surface area contributed by atoms with E-state index in [1.807, 2.05) is 12.1 Å². The number of aromatic nitrogens is 3. The molecule has 0 radical (unpaired) electrons. The van der Waals surface area contributed by atoms with Gasteiger partial charge in [-0.25, -0.2) is 0 Å². The molecular formula is C12H12BrN3. The fraction of sp³-hybridized carbons (Fsp3) is 0.333. The minimum absolute atomic E-state index is 0.996. The summed E-state index contributed by atoms with van der Waals surface area (Å²) in [6.45, 7) is 1.05. The second-order valence-electron chi connectivity index (χ2n) is 4.06. The maximum absolute atomic E-state index is 4.30. The van der Waals surface area contributed by atoms with Gasteiger partial charge < -0.3 is 4.57 Å². The molecule has 3 rings (SSSR count). The third-order valence-corrected chi connectivity index (χ3v) is 3.44. The van der Waals surface area contributed by atoms with Gasteiger partial charge in [-0.15, -0.1) is 10.2 Å². The molecule has 0 bridgehead atoms. The van der Waals surface area contributed by atoms with E-state index in [1.54, 1.807) is 0 Å². The lowest BCUT2D eigenvalue weighted by molar-refractivity contribution is 0.526. The third kappa shape index (κ3) is 1.67. The van der Waals surface area contributed by atoms with Crippen LogP contribution in [0.15, 0.2) is 28.7 Å². The normalized spacial score (nSPS) is 14.8. The minimum Gasteiger partial charge on any atom is -0.311 e. The van der Waals surface area contributed by atoms with E-state index < -0.39 is 0 Å². The van der Waals surface area contributed by atoms with Crippen LogP contribution in [0.2, 0.25) is 0 Å². The van der Waals surface area contributed by atoms with Gasteiger partial charge in [-0.3, -0.25) is 0 Å². The van der Waals surface area contributed by atoms with Crippen molar-refractivity contribution >= 4 is 15.9 Å². The molecule has 2 aromatic rings. The Hall–Kier alpha value is -1.16. The maximum Gasteiger partial charge on any atom is 0.163 e. The summed E-state index contributed by atoms with van der Waals surface area (Å²) in [4.78, 5) is 0. The van der Waals surface area contributed by atoms with Gasteiger partial charge in [0.2, 0.25) is 0 Å². The number of hydrogen-bond donors (Lipinski definition) is 0. The monoisotopic (exact) mass is 277 g/mol. The summed E-state index contributed by atoms with van der Waals surface area (Å²) in [7, 11) is 0. The van der Waals surface area contributed by atoms with E-state index >= 15 is 0 Å². The Morgan fingerprint density at radius 3 is 3.00 bits per heavy atom. The Labute approximate surface area is 103 Å². The van der Waals surface area contributed by atoms with Crippen LogP contribution in [0.3, 0.4) is 0 Å². The molecule has 82 valence electrons. The lowest BCUT2D eigenvalue weighted by Gasteiger charge is -2.14. The molecule has 0 saturated carbocycles. The van der Waals surface area contributed by atoms with E-state index in [9.17, 15) is 0 Å². The minimum atomic E-state index is 0.996. The molecule has 1 aliphatic rings. The summed E-state index contributed by atoms with van der Waals surface area (Å²) < 4.78 is 3.32. The summed E-state index contributed by atoms with van der Waals surface area (Å²) in [5.74, 6) is 2.12. The fourth-order valence-electron chi connectivity index (χ4n) is 2.15. The van der Waals surface area contributed by atoms with Gasteiger partial charge in [0.25, 0.3) is 0 Å². The summed E-state index contributed by atoms with van der Waals surface area (Å²) in [5.41, 5.74) is 1.13. The second kappa shape index (κ2) is 4.01. The number of halogens is 1. The highest BCUT2D eigenvalue weighted by Gasteiger charge is 2.16. The molecule has 0 amide bonds. The van der Waals surface area contributed by atoms with Crippen molar-refractivity contribution in [2.75, 3.05) is 0 Å². The van der Waals surface area contributed by atoms with Crippen LogP contribution in [0, 0.1) is 0 Å². The van der Waals surface area contributed by atoms with Crippen molar-refractivity contribution in [1.29, 1.82) is 0 Å². The summed E-state index contributed by atoms with van der Waals surface area (Å²) in [5, 5.41) is 8.56. The average Bonchev–Trinajstić information content (AvgIpc) is 2.72. The molecule has 0 saturated heterocycles. The van der Waals surface area contributed by atoms with Gasteiger partial charge in [0.15, 0.2) is 5.82 Å². The van der Waals surface area contributed by atoms with Crippen LogP contribution in [-0.4, -0.2) is 14.8 Å². The standard InChI is InChI=1S/C12H12BrN3/c13-10-5-3-4-9(8-10)12-15-14-11-6-1-2-7-16(11)12/h3-5,8H,1-2,6-7H2. The van der Waals surface area contributed by atoms with E-state index in [4.69, 9.17) is 0 Å².